The lowest BCUT2D eigenvalue weighted by atomic mass is 10.1. The molecule has 0 amide bonds. The van der Waals surface area contributed by atoms with Crippen LogP contribution < -0.4 is 10.3 Å². The normalized spacial score (nSPS) is 8.12. The molecule has 0 saturated heterocycles. The summed E-state index contributed by atoms with van der Waals surface area (Å²) in [6.45, 7) is 5.63. The minimum absolute atomic E-state index is 0.251. The van der Waals surface area contributed by atoms with E-state index in [2.05, 4.69) is 5.73 Å². The summed E-state index contributed by atoms with van der Waals surface area (Å²) < 4.78 is 2.00. The first kappa shape index (κ1) is 17.2. The van der Waals surface area contributed by atoms with Crippen molar-refractivity contribution >= 4 is 5.78 Å². The van der Waals surface area contributed by atoms with Crippen LogP contribution in [0.2, 0.25) is 0 Å². The third-order valence-electron chi connectivity index (χ3n) is 1.77. The molecular weight excluding hydrogens is 200 g/mol. The second-order valence-corrected chi connectivity index (χ2v) is 3.08. The number of hydrogen-bond acceptors (Lipinski definition) is 2. The van der Waals surface area contributed by atoms with Gasteiger partial charge >= 0.3 is 0 Å². The van der Waals surface area contributed by atoms with Crippen LogP contribution in [0.3, 0.4) is 0 Å². The van der Waals surface area contributed by atoms with Crippen LogP contribution in [0, 0.1) is 0 Å². The number of carbonyl (C=O) groups excluding carboxylic acids is 1. The molecule has 0 aromatic carbocycles. The molecule has 1 rings (SSSR count). The van der Waals surface area contributed by atoms with Crippen molar-refractivity contribution in [2.75, 3.05) is 7.05 Å². The summed E-state index contributed by atoms with van der Waals surface area (Å²) in [6.07, 6.45) is 5.52. The number of aryl methyl sites for hydroxylation is 2. The van der Waals surface area contributed by atoms with Crippen molar-refractivity contribution in [3.63, 3.8) is 0 Å². The summed E-state index contributed by atoms with van der Waals surface area (Å²) >= 11 is 0. The lowest BCUT2D eigenvalue weighted by molar-refractivity contribution is -0.671. The molecule has 0 aliphatic rings. The van der Waals surface area contributed by atoms with Crippen LogP contribution >= 0.6 is 0 Å². The molecule has 0 saturated carbocycles. The van der Waals surface area contributed by atoms with E-state index >= 15 is 0 Å². The van der Waals surface area contributed by atoms with Gasteiger partial charge in [-0.05, 0) is 26.5 Å². The molecule has 3 heteroatoms. The Hall–Kier alpha value is -1.22. The molecule has 92 valence electrons. The standard InChI is InChI=1S/C10H14NO.C2H6.CH5N/c1-9(12)5-6-10-4-3-7-11(2)8-10;2*1-2/h3-4,7-8H,5-6H2,1-2H3;1-2H3;2H2,1H3/q+1;;. The lowest BCUT2D eigenvalue weighted by Crippen LogP contribution is -2.26. The number of pyridine rings is 1. The Balaban J connectivity index is 0. The first-order valence-electron chi connectivity index (χ1n) is 5.70. The van der Waals surface area contributed by atoms with Crippen molar-refractivity contribution in [3.05, 3.63) is 30.1 Å². The monoisotopic (exact) mass is 225 g/mol. The first-order chi connectivity index (χ1) is 7.68. The predicted molar refractivity (Wildman–Crippen MR) is 68.1 cm³/mol. The minimum Gasteiger partial charge on any atom is -0.333 e. The summed E-state index contributed by atoms with van der Waals surface area (Å²) in [5.74, 6) is 0.251. The van der Waals surface area contributed by atoms with Crippen molar-refractivity contribution in [1.82, 2.24) is 0 Å². The molecule has 0 atom stereocenters. The lowest BCUT2D eigenvalue weighted by Gasteiger charge is -1.95. The summed E-state index contributed by atoms with van der Waals surface area (Å²) in [7, 11) is 3.48. The van der Waals surface area contributed by atoms with Crippen LogP contribution in [0.4, 0.5) is 0 Å². The van der Waals surface area contributed by atoms with Gasteiger partial charge in [0.25, 0.3) is 0 Å². The Bertz CT molecular complexity index is 285. The molecule has 0 fully saturated rings. The topological polar surface area (TPSA) is 47.0 Å². The van der Waals surface area contributed by atoms with Crippen molar-refractivity contribution in [2.24, 2.45) is 12.8 Å². The zero-order chi connectivity index (χ0) is 13.0. The molecule has 16 heavy (non-hydrogen) atoms. The second-order valence-electron chi connectivity index (χ2n) is 3.08. The highest BCUT2D eigenvalue weighted by atomic mass is 16.1. The number of aromatic nitrogens is 1. The van der Waals surface area contributed by atoms with Gasteiger partial charge in [-0.1, -0.05) is 13.8 Å². The maximum absolute atomic E-state index is 10.7. The highest BCUT2D eigenvalue weighted by Gasteiger charge is 1.99. The molecule has 3 nitrogen and oxygen atoms in total. The smallest absolute Gasteiger partial charge is 0.171 e. The number of rotatable bonds is 3. The molecule has 0 aliphatic heterocycles. The Morgan fingerprint density at radius 2 is 1.94 bits per heavy atom. The Labute approximate surface area is 99.3 Å². The van der Waals surface area contributed by atoms with Gasteiger partial charge in [-0.3, -0.25) is 0 Å². The molecule has 1 aromatic rings. The molecule has 1 heterocycles. The van der Waals surface area contributed by atoms with Gasteiger partial charge < -0.3 is 10.5 Å². The summed E-state index contributed by atoms with van der Waals surface area (Å²) in [5.41, 5.74) is 5.72. The fraction of sp³-hybridized carbons (Fsp3) is 0.538. The number of Topliss-reactive ketones (excluding diaryl/α,β-unsaturated/α-hetero) is 1. The van der Waals surface area contributed by atoms with E-state index in [4.69, 9.17) is 0 Å². The Kier molecular flexibility index (Phi) is 12.7. The van der Waals surface area contributed by atoms with Gasteiger partial charge in [0.15, 0.2) is 12.4 Å². The van der Waals surface area contributed by atoms with Gasteiger partial charge in [0.05, 0.1) is 0 Å². The fourth-order valence-corrected chi connectivity index (χ4v) is 1.12. The van der Waals surface area contributed by atoms with E-state index in [1.807, 2.05) is 50.0 Å². The van der Waals surface area contributed by atoms with Crippen molar-refractivity contribution in [1.29, 1.82) is 0 Å². The van der Waals surface area contributed by atoms with Crippen LogP contribution in [-0.4, -0.2) is 12.8 Å². The largest absolute Gasteiger partial charge is 0.333 e. The Morgan fingerprint density at radius 3 is 2.38 bits per heavy atom. The molecule has 2 N–H and O–H groups in total. The minimum atomic E-state index is 0.251. The molecule has 0 unspecified atom stereocenters. The van der Waals surface area contributed by atoms with Crippen molar-refractivity contribution in [3.8, 4) is 0 Å². The molecule has 0 radical (unpaired) electrons. The van der Waals surface area contributed by atoms with E-state index < -0.39 is 0 Å². The van der Waals surface area contributed by atoms with Crippen LogP contribution in [0.5, 0.6) is 0 Å². The predicted octanol–water partition coefficient (Wildman–Crippen LogP) is 1.63. The third kappa shape index (κ3) is 9.34. The van der Waals surface area contributed by atoms with Crippen LogP contribution in [0.15, 0.2) is 24.5 Å². The number of nitrogens with zero attached hydrogens (tertiary/aromatic N) is 1. The number of hydrogen-bond donors (Lipinski definition) is 1. The van der Waals surface area contributed by atoms with E-state index in [0.29, 0.717) is 6.42 Å². The molecule has 0 bridgehead atoms. The number of nitrogens with two attached hydrogens (primary N) is 1. The summed E-state index contributed by atoms with van der Waals surface area (Å²) in [5, 5.41) is 0. The fourth-order valence-electron chi connectivity index (χ4n) is 1.12. The second kappa shape index (κ2) is 11.9. The average molecular weight is 225 g/mol. The summed E-state index contributed by atoms with van der Waals surface area (Å²) in [6, 6.07) is 4.04. The zero-order valence-corrected chi connectivity index (χ0v) is 11.2. The maximum Gasteiger partial charge on any atom is 0.171 e. The Morgan fingerprint density at radius 1 is 1.38 bits per heavy atom. The SMILES string of the molecule is CC.CC(=O)CCc1ccc[n+](C)c1.CN. The average Bonchev–Trinajstić information content (AvgIpc) is 2.32. The highest BCUT2D eigenvalue weighted by Crippen LogP contribution is 1.99. The van der Waals surface area contributed by atoms with Gasteiger partial charge in [-0.25, -0.2) is 4.57 Å². The van der Waals surface area contributed by atoms with E-state index in [-0.39, 0.29) is 5.78 Å². The van der Waals surface area contributed by atoms with Gasteiger partial charge in [-0.2, -0.15) is 0 Å². The van der Waals surface area contributed by atoms with Gasteiger partial charge in [0.1, 0.15) is 12.8 Å². The van der Waals surface area contributed by atoms with E-state index in [1.54, 1.807) is 6.92 Å². The molecule has 0 spiro atoms. The van der Waals surface area contributed by atoms with E-state index in [9.17, 15) is 4.79 Å². The molecular formula is C13H25N2O+. The quantitative estimate of drug-likeness (QED) is 0.795. The molecule has 1 aromatic heterocycles. The van der Waals surface area contributed by atoms with Crippen molar-refractivity contribution < 1.29 is 9.36 Å². The maximum atomic E-state index is 10.7. The van der Waals surface area contributed by atoms with E-state index in [0.717, 1.165) is 6.42 Å². The number of ketones is 1. The third-order valence-corrected chi connectivity index (χ3v) is 1.77. The van der Waals surface area contributed by atoms with Crippen LogP contribution in [-0.2, 0) is 18.3 Å². The zero-order valence-electron chi connectivity index (χ0n) is 11.2. The highest BCUT2D eigenvalue weighted by molar-refractivity contribution is 5.75. The number of carbonyl (C=O) groups is 1. The van der Waals surface area contributed by atoms with Crippen molar-refractivity contribution in [2.45, 2.75) is 33.6 Å². The van der Waals surface area contributed by atoms with Gasteiger partial charge in [0, 0.05) is 18.1 Å². The van der Waals surface area contributed by atoms with Crippen LogP contribution in [0.25, 0.3) is 0 Å². The van der Waals surface area contributed by atoms with E-state index in [1.165, 1.54) is 12.6 Å². The summed E-state index contributed by atoms with van der Waals surface area (Å²) in [4.78, 5) is 10.7. The first-order valence-corrected chi connectivity index (χ1v) is 5.70. The molecule has 0 aliphatic carbocycles. The van der Waals surface area contributed by atoms with Crippen LogP contribution in [0.1, 0.15) is 32.8 Å². The van der Waals surface area contributed by atoms with Gasteiger partial charge in [-0.15, -0.1) is 0 Å². The van der Waals surface area contributed by atoms with Gasteiger partial charge in [0.2, 0.25) is 0 Å².